The minimum atomic E-state index is -4.01. The monoisotopic (exact) mass is 316 g/mol. The van der Waals surface area contributed by atoms with Crippen molar-refractivity contribution < 1.29 is 16.8 Å². The molecule has 4 nitrogen and oxygen atoms in total. The van der Waals surface area contributed by atoms with E-state index in [0.29, 0.717) is 11.1 Å². The Labute approximate surface area is 109 Å². The van der Waals surface area contributed by atoms with Gasteiger partial charge in [-0.25, -0.2) is 16.8 Å². The van der Waals surface area contributed by atoms with E-state index >= 15 is 0 Å². The quantitative estimate of drug-likeness (QED) is 0.786. The highest BCUT2D eigenvalue weighted by Crippen LogP contribution is 2.32. The third-order valence-corrected chi connectivity index (χ3v) is 5.48. The van der Waals surface area contributed by atoms with Crippen molar-refractivity contribution in [2.75, 3.05) is 0 Å². The van der Waals surface area contributed by atoms with Gasteiger partial charge in [0.25, 0.3) is 18.1 Å². The van der Waals surface area contributed by atoms with Gasteiger partial charge >= 0.3 is 0 Å². The molecule has 0 amide bonds. The van der Waals surface area contributed by atoms with E-state index in [9.17, 15) is 16.8 Å². The first-order valence-corrected chi connectivity index (χ1v) is 9.08. The summed E-state index contributed by atoms with van der Waals surface area (Å²) in [4.78, 5) is -0.409. The van der Waals surface area contributed by atoms with Crippen LogP contribution >= 0.6 is 21.4 Å². The second-order valence-corrected chi connectivity index (χ2v) is 8.67. The van der Waals surface area contributed by atoms with Crippen molar-refractivity contribution in [3.63, 3.8) is 0 Å². The number of hydrogen-bond donors (Lipinski definition) is 0. The van der Waals surface area contributed by atoms with Gasteiger partial charge in [0.1, 0.15) is 0 Å². The first kappa shape index (κ1) is 14.8. The fourth-order valence-corrected chi connectivity index (χ4v) is 5.21. The molecule has 0 atom stereocenters. The van der Waals surface area contributed by atoms with E-state index in [1.165, 1.54) is 13.0 Å². The lowest BCUT2D eigenvalue weighted by atomic mass is 10.1. The maximum absolute atomic E-state index is 11.4. The largest absolute Gasteiger partial charge is 0.261 e. The molecule has 0 bridgehead atoms. The molecule has 96 valence electrons. The summed E-state index contributed by atoms with van der Waals surface area (Å²) in [5.41, 5.74) is 0.825. The molecule has 8 heteroatoms. The first-order chi connectivity index (χ1) is 7.46. The van der Waals surface area contributed by atoms with Crippen LogP contribution in [0.15, 0.2) is 15.9 Å². The second kappa shape index (κ2) is 4.42. The van der Waals surface area contributed by atoms with Crippen LogP contribution < -0.4 is 0 Å². The van der Waals surface area contributed by atoms with E-state index in [-0.39, 0.29) is 15.4 Å². The maximum Gasteiger partial charge on any atom is 0.261 e. The number of rotatable bonds is 2. The molecule has 0 aliphatic rings. The fraction of sp³-hybridized carbons (Fsp3) is 0.333. The molecule has 17 heavy (non-hydrogen) atoms. The molecule has 0 aromatic heterocycles. The molecule has 0 aliphatic carbocycles. The van der Waals surface area contributed by atoms with Crippen molar-refractivity contribution in [1.82, 2.24) is 0 Å². The summed E-state index contributed by atoms with van der Waals surface area (Å²) in [6.07, 6.45) is 0. The Kier molecular flexibility index (Phi) is 3.84. The first-order valence-electron chi connectivity index (χ1n) is 4.46. The molecule has 0 fully saturated rings. The lowest BCUT2D eigenvalue weighted by Crippen LogP contribution is -2.06. The summed E-state index contributed by atoms with van der Waals surface area (Å²) in [7, 11) is 2.53. The molecule has 1 aromatic rings. The summed E-state index contributed by atoms with van der Waals surface area (Å²) in [5, 5.41) is 0. The minimum Gasteiger partial charge on any atom is -0.207 e. The number of halogens is 2. The Bertz CT molecular complexity index is 619. The Hall–Kier alpha value is -0.300. The average Bonchev–Trinajstić information content (AvgIpc) is 1.94. The van der Waals surface area contributed by atoms with Gasteiger partial charge in [0.05, 0.1) is 9.79 Å². The number of benzene rings is 1. The van der Waals surface area contributed by atoms with Gasteiger partial charge < -0.3 is 0 Å². The van der Waals surface area contributed by atoms with Gasteiger partial charge in [-0.3, -0.25) is 0 Å². The Balaban J connectivity index is 3.93. The predicted octanol–water partition coefficient (Wildman–Crippen LogP) is 2.47. The zero-order valence-corrected chi connectivity index (χ0v) is 12.4. The molecule has 0 saturated heterocycles. The highest BCUT2D eigenvalue weighted by atomic mass is 35.7. The lowest BCUT2D eigenvalue weighted by molar-refractivity contribution is 0.605. The smallest absolute Gasteiger partial charge is 0.207 e. The number of aryl methyl sites for hydroxylation is 2. The normalized spacial score (nSPS) is 12.8. The molecule has 0 N–H and O–H groups in total. The molecule has 0 unspecified atom stereocenters. The summed E-state index contributed by atoms with van der Waals surface area (Å²) in [6.45, 7) is 4.45. The highest BCUT2D eigenvalue weighted by molar-refractivity contribution is 8.14. The van der Waals surface area contributed by atoms with Crippen LogP contribution in [0, 0.1) is 20.8 Å². The van der Waals surface area contributed by atoms with Crippen LogP contribution in [0.1, 0.15) is 16.7 Å². The van der Waals surface area contributed by atoms with Gasteiger partial charge in [0.15, 0.2) is 0 Å². The molecule has 0 aliphatic heterocycles. The van der Waals surface area contributed by atoms with Crippen molar-refractivity contribution in [2.24, 2.45) is 0 Å². The number of hydrogen-bond acceptors (Lipinski definition) is 4. The van der Waals surface area contributed by atoms with E-state index in [0.717, 1.165) is 0 Å². The molecular weight excluding hydrogens is 307 g/mol. The predicted molar refractivity (Wildman–Crippen MR) is 66.7 cm³/mol. The van der Waals surface area contributed by atoms with Gasteiger partial charge in [0.2, 0.25) is 0 Å². The molecule has 0 saturated carbocycles. The van der Waals surface area contributed by atoms with Crippen molar-refractivity contribution in [3.05, 3.63) is 22.8 Å². The maximum atomic E-state index is 11.4. The van der Waals surface area contributed by atoms with Crippen LogP contribution in [0.5, 0.6) is 0 Å². The topological polar surface area (TPSA) is 68.3 Å². The molecular formula is C9H10Cl2O4S2. The summed E-state index contributed by atoms with van der Waals surface area (Å²) in [5.74, 6) is 0. The van der Waals surface area contributed by atoms with E-state index in [1.807, 2.05) is 0 Å². The van der Waals surface area contributed by atoms with Crippen LogP contribution in [-0.2, 0) is 18.1 Å². The molecule has 0 heterocycles. The van der Waals surface area contributed by atoms with Crippen molar-refractivity contribution in [3.8, 4) is 0 Å². The lowest BCUT2D eigenvalue weighted by Gasteiger charge is -2.12. The van der Waals surface area contributed by atoms with Gasteiger partial charge in [-0.1, -0.05) is 6.07 Å². The molecule has 0 radical (unpaired) electrons. The van der Waals surface area contributed by atoms with Crippen LogP contribution in [-0.4, -0.2) is 16.8 Å². The van der Waals surface area contributed by atoms with Crippen LogP contribution in [0.4, 0.5) is 0 Å². The zero-order chi connectivity index (χ0) is 13.6. The highest BCUT2D eigenvalue weighted by Gasteiger charge is 2.25. The van der Waals surface area contributed by atoms with Gasteiger partial charge in [0, 0.05) is 21.4 Å². The fourth-order valence-electron chi connectivity index (χ4n) is 1.90. The minimum absolute atomic E-state index is 0.0486. The van der Waals surface area contributed by atoms with Crippen molar-refractivity contribution >= 4 is 39.5 Å². The summed E-state index contributed by atoms with van der Waals surface area (Å²) >= 11 is 0. The van der Waals surface area contributed by atoms with E-state index in [2.05, 4.69) is 0 Å². The van der Waals surface area contributed by atoms with Crippen molar-refractivity contribution in [2.45, 2.75) is 30.6 Å². The van der Waals surface area contributed by atoms with Crippen LogP contribution in [0.3, 0.4) is 0 Å². The Morgan fingerprint density at radius 3 is 1.35 bits per heavy atom. The standard InChI is InChI=1S/C9H10Cl2O4S2/c1-5-4-6(2)9(17(11,14)15)7(3)8(5)16(10,12)13/h4H,1-3H3. The van der Waals surface area contributed by atoms with Crippen molar-refractivity contribution in [1.29, 1.82) is 0 Å². The third-order valence-electron chi connectivity index (χ3n) is 2.32. The van der Waals surface area contributed by atoms with Gasteiger partial charge in [-0.2, -0.15) is 0 Å². The second-order valence-electron chi connectivity index (χ2n) is 3.67. The average molecular weight is 317 g/mol. The van der Waals surface area contributed by atoms with E-state index in [1.54, 1.807) is 13.8 Å². The summed E-state index contributed by atoms with van der Waals surface area (Å²) < 4.78 is 45.6. The Morgan fingerprint density at radius 1 is 0.824 bits per heavy atom. The SMILES string of the molecule is Cc1cc(C)c(S(=O)(=O)Cl)c(C)c1S(=O)(=O)Cl. The molecule has 1 aromatic carbocycles. The third kappa shape index (κ3) is 2.93. The van der Waals surface area contributed by atoms with Gasteiger partial charge in [-0.15, -0.1) is 0 Å². The molecule has 1 rings (SSSR count). The van der Waals surface area contributed by atoms with Gasteiger partial charge in [-0.05, 0) is 37.5 Å². The summed E-state index contributed by atoms with van der Waals surface area (Å²) in [6, 6.07) is 1.43. The molecule has 0 spiro atoms. The Morgan fingerprint density at radius 2 is 1.12 bits per heavy atom. The van der Waals surface area contributed by atoms with E-state index < -0.39 is 18.1 Å². The van der Waals surface area contributed by atoms with Crippen LogP contribution in [0.25, 0.3) is 0 Å². The van der Waals surface area contributed by atoms with Crippen LogP contribution in [0.2, 0.25) is 0 Å². The zero-order valence-electron chi connectivity index (χ0n) is 9.28. The van der Waals surface area contributed by atoms with E-state index in [4.69, 9.17) is 21.4 Å².